The minimum Gasteiger partial charge on any atom is -0.478 e. The van der Waals surface area contributed by atoms with Crippen molar-refractivity contribution < 1.29 is 14.7 Å². The molecule has 2 N–H and O–H groups in total. The van der Waals surface area contributed by atoms with Gasteiger partial charge in [-0.25, -0.2) is 4.79 Å². The lowest BCUT2D eigenvalue weighted by molar-refractivity contribution is -0.105. The summed E-state index contributed by atoms with van der Waals surface area (Å²) in [7, 11) is 0. The van der Waals surface area contributed by atoms with Gasteiger partial charge < -0.3 is 10.4 Å². The Morgan fingerprint density at radius 3 is 2.39 bits per heavy atom. The number of aromatic carboxylic acids is 1. The summed E-state index contributed by atoms with van der Waals surface area (Å²) in [4.78, 5) is 21.1. The van der Waals surface area contributed by atoms with Gasteiger partial charge in [-0.3, -0.25) is 4.79 Å². The molecule has 90 valence electrons. The second kappa shape index (κ2) is 5.14. The molecule has 0 unspecified atom stereocenters. The van der Waals surface area contributed by atoms with Crippen molar-refractivity contribution in [2.24, 2.45) is 0 Å². The van der Waals surface area contributed by atoms with Gasteiger partial charge in [-0.05, 0) is 35.4 Å². The zero-order valence-electron chi connectivity index (χ0n) is 9.46. The molecule has 0 radical (unpaired) electrons. The molecule has 0 bridgehead atoms. The SMILES string of the molecule is O=CNc1cccc(-c2ccc(C(=O)O)cc2)c1. The average Bonchev–Trinajstić information content (AvgIpc) is 2.39. The second-order valence-corrected chi connectivity index (χ2v) is 3.73. The number of carboxylic acids is 1. The maximum Gasteiger partial charge on any atom is 0.335 e. The molecule has 0 aromatic heterocycles. The van der Waals surface area contributed by atoms with Gasteiger partial charge >= 0.3 is 5.97 Å². The van der Waals surface area contributed by atoms with Crippen LogP contribution in [0.5, 0.6) is 0 Å². The van der Waals surface area contributed by atoms with E-state index >= 15 is 0 Å². The molecule has 0 aliphatic heterocycles. The van der Waals surface area contributed by atoms with Gasteiger partial charge in [0, 0.05) is 5.69 Å². The van der Waals surface area contributed by atoms with E-state index in [1.54, 1.807) is 30.3 Å². The molecule has 2 rings (SSSR count). The predicted molar refractivity (Wildman–Crippen MR) is 68.5 cm³/mol. The van der Waals surface area contributed by atoms with Gasteiger partial charge in [-0.2, -0.15) is 0 Å². The molecule has 2 aromatic carbocycles. The number of rotatable bonds is 4. The van der Waals surface area contributed by atoms with Gasteiger partial charge in [0.25, 0.3) is 0 Å². The average molecular weight is 241 g/mol. The molecule has 0 saturated heterocycles. The van der Waals surface area contributed by atoms with Gasteiger partial charge in [0.05, 0.1) is 5.56 Å². The fourth-order valence-electron chi connectivity index (χ4n) is 1.66. The number of anilines is 1. The Morgan fingerprint density at radius 1 is 1.06 bits per heavy atom. The summed E-state index contributed by atoms with van der Waals surface area (Å²) >= 11 is 0. The summed E-state index contributed by atoms with van der Waals surface area (Å²) in [5.74, 6) is -0.946. The number of amides is 1. The molecule has 0 atom stereocenters. The number of benzene rings is 2. The quantitative estimate of drug-likeness (QED) is 0.808. The Hall–Kier alpha value is -2.62. The van der Waals surface area contributed by atoms with Crippen LogP contribution in [-0.2, 0) is 4.79 Å². The highest BCUT2D eigenvalue weighted by Crippen LogP contribution is 2.22. The van der Waals surface area contributed by atoms with Crippen molar-refractivity contribution in [3.63, 3.8) is 0 Å². The Bertz CT molecular complexity index is 576. The van der Waals surface area contributed by atoms with Gasteiger partial charge in [0.2, 0.25) is 6.41 Å². The standard InChI is InChI=1S/C14H11NO3/c16-9-15-13-3-1-2-12(8-13)10-4-6-11(7-5-10)14(17)18/h1-9H,(H,15,16)(H,17,18). The van der Waals surface area contributed by atoms with Crippen molar-refractivity contribution in [2.75, 3.05) is 5.32 Å². The minimum atomic E-state index is -0.946. The Labute approximate surface area is 104 Å². The van der Waals surface area contributed by atoms with Crippen LogP contribution in [0.4, 0.5) is 5.69 Å². The third kappa shape index (κ3) is 2.55. The van der Waals surface area contributed by atoms with E-state index in [1.165, 1.54) is 0 Å². The van der Waals surface area contributed by atoms with Crippen LogP contribution >= 0.6 is 0 Å². The van der Waals surface area contributed by atoms with Crippen LogP contribution in [-0.4, -0.2) is 17.5 Å². The molecule has 0 fully saturated rings. The molecule has 18 heavy (non-hydrogen) atoms. The van der Waals surface area contributed by atoms with E-state index in [2.05, 4.69) is 5.32 Å². The minimum absolute atomic E-state index is 0.251. The topological polar surface area (TPSA) is 66.4 Å². The van der Waals surface area contributed by atoms with Crippen molar-refractivity contribution in [3.05, 3.63) is 54.1 Å². The molecule has 0 aliphatic rings. The number of hydrogen-bond acceptors (Lipinski definition) is 2. The Balaban J connectivity index is 2.33. The molecular weight excluding hydrogens is 230 g/mol. The van der Waals surface area contributed by atoms with Crippen molar-refractivity contribution in [1.82, 2.24) is 0 Å². The number of carbonyl (C=O) groups is 2. The molecule has 4 heteroatoms. The van der Waals surface area contributed by atoms with Crippen molar-refractivity contribution >= 4 is 18.1 Å². The highest BCUT2D eigenvalue weighted by Gasteiger charge is 2.03. The molecule has 2 aromatic rings. The van der Waals surface area contributed by atoms with Gasteiger partial charge in [0.15, 0.2) is 0 Å². The molecule has 0 saturated carbocycles. The first kappa shape index (κ1) is 11.9. The van der Waals surface area contributed by atoms with E-state index in [0.717, 1.165) is 11.1 Å². The number of hydrogen-bond donors (Lipinski definition) is 2. The first-order chi connectivity index (χ1) is 8.70. The van der Waals surface area contributed by atoms with Crippen LogP contribution in [0.25, 0.3) is 11.1 Å². The number of nitrogens with one attached hydrogen (secondary N) is 1. The lowest BCUT2D eigenvalue weighted by Gasteiger charge is -2.05. The summed E-state index contributed by atoms with van der Waals surface area (Å²) < 4.78 is 0. The first-order valence-corrected chi connectivity index (χ1v) is 5.34. The maximum absolute atomic E-state index is 10.7. The third-order valence-corrected chi connectivity index (χ3v) is 2.55. The predicted octanol–water partition coefficient (Wildman–Crippen LogP) is 2.62. The van der Waals surface area contributed by atoms with E-state index in [0.29, 0.717) is 12.1 Å². The van der Waals surface area contributed by atoms with E-state index in [-0.39, 0.29) is 5.56 Å². The third-order valence-electron chi connectivity index (χ3n) is 2.55. The zero-order chi connectivity index (χ0) is 13.0. The van der Waals surface area contributed by atoms with Gasteiger partial charge in [-0.15, -0.1) is 0 Å². The lowest BCUT2D eigenvalue weighted by Crippen LogP contribution is -1.95. The van der Waals surface area contributed by atoms with Crippen molar-refractivity contribution in [2.45, 2.75) is 0 Å². The van der Waals surface area contributed by atoms with Crippen LogP contribution in [0, 0.1) is 0 Å². The van der Waals surface area contributed by atoms with Crippen molar-refractivity contribution in [1.29, 1.82) is 0 Å². The lowest BCUT2D eigenvalue weighted by atomic mass is 10.0. The summed E-state index contributed by atoms with van der Waals surface area (Å²) in [6, 6.07) is 13.9. The molecule has 0 aliphatic carbocycles. The first-order valence-electron chi connectivity index (χ1n) is 5.34. The molecule has 0 heterocycles. The Kier molecular flexibility index (Phi) is 3.38. The van der Waals surface area contributed by atoms with Crippen LogP contribution in [0.3, 0.4) is 0 Å². The van der Waals surface area contributed by atoms with E-state index in [9.17, 15) is 9.59 Å². The largest absolute Gasteiger partial charge is 0.478 e. The van der Waals surface area contributed by atoms with E-state index in [4.69, 9.17) is 5.11 Å². The van der Waals surface area contributed by atoms with E-state index < -0.39 is 5.97 Å². The Morgan fingerprint density at radius 2 is 1.78 bits per heavy atom. The van der Waals surface area contributed by atoms with Crippen LogP contribution in [0.2, 0.25) is 0 Å². The van der Waals surface area contributed by atoms with Crippen molar-refractivity contribution in [3.8, 4) is 11.1 Å². The summed E-state index contributed by atoms with van der Waals surface area (Å²) in [6.07, 6.45) is 0.618. The fraction of sp³-hybridized carbons (Fsp3) is 0. The van der Waals surface area contributed by atoms with Crippen LogP contribution < -0.4 is 5.32 Å². The molecule has 0 spiro atoms. The maximum atomic E-state index is 10.7. The fourth-order valence-corrected chi connectivity index (χ4v) is 1.66. The normalized spacial score (nSPS) is 9.78. The van der Waals surface area contributed by atoms with Gasteiger partial charge in [0.1, 0.15) is 0 Å². The second-order valence-electron chi connectivity index (χ2n) is 3.73. The zero-order valence-corrected chi connectivity index (χ0v) is 9.46. The van der Waals surface area contributed by atoms with Crippen LogP contribution in [0.1, 0.15) is 10.4 Å². The summed E-state index contributed by atoms with van der Waals surface area (Å²) in [6.45, 7) is 0. The number of carboxylic acid groups (broad SMARTS) is 1. The summed E-state index contributed by atoms with van der Waals surface area (Å²) in [5.41, 5.74) is 2.76. The monoisotopic (exact) mass is 241 g/mol. The van der Waals surface area contributed by atoms with Crippen LogP contribution in [0.15, 0.2) is 48.5 Å². The molecule has 1 amide bonds. The van der Waals surface area contributed by atoms with E-state index in [1.807, 2.05) is 18.2 Å². The number of carbonyl (C=O) groups excluding carboxylic acids is 1. The highest BCUT2D eigenvalue weighted by atomic mass is 16.4. The smallest absolute Gasteiger partial charge is 0.335 e. The highest BCUT2D eigenvalue weighted by molar-refractivity contribution is 5.88. The summed E-state index contributed by atoms with van der Waals surface area (Å²) in [5, 5.41) is 11.4. The van der Waals surface area contributed by atoms with Gasteiger partial charge in [-0.1, -0.05) is 24.3 Å². The molecule has 4 nitrogen and oxygen atoms in total. The molecular formula is C14H11NO3.